The number of carbonyl (C=O) groups excluding carboxylic acids is 1. The lowest BCUT2D eigenvalue weighted by Gasteiger charge is -2.33. The summed E-state index contributed by atoms with van der Waals surface area (Å²) in [7, 11) is 0. The van der Waals surface area contributed by atoms with Crippen molar-refractivity contribution in [3.8, 4) is 11.3 Å². The number of rotatable bonds is 4. The third-order valence-corrected chi connectivity index (χ3v) is 5.13. The molecule has 3 heterocycles. The van der Waals surface area contributed by atoms with Gasteiger partial charge in [0.15, 0.2) is 5.65 Å². The number of aromatic nitrogens is 3. The molecule has 1 aromatic carbocycles. The molecule has 1 saturated heterocycles. The minimum absolute atomic E-state index is 0.166. The van der Waals surface area contributed by atoms with Gasteiger partial charge in [-0.25, -0.2) is 18.3 Å². The molecule has 0 radical (unpaired) electrons. The summed E-state index contributed by atoms with van der Waals surface area (Å²) in [6, 6.07) is 10.4. The molecular weight excluding hydrogens is 364 g/mol. The normalized spacial score (nSPS) is 15.5. The number of piperazine rings is 1. The van der Waals surface area contributed by atoms with E-state index in [9.17, 15) is 13.6 Å². The van der Waals surface area contributed by atoms with Gasteiger partial charge in [-0.1, -0.05) is 37.3 Å². The van der Waals surface area contributed by atoms with Crippen molar-refractivity contribution in [1.82, 2.24) is 24.4 Å². The molecule has 3 aromatic rings. The molecule has 0 atom stereocenters. The fourth-order valence-corrected chi connectivity index (χ4v) is 3.49. The molecule has 8 heteroatoms. The maximum absolute atomic E-state index is 13.7. The molecule has 0 spiro atoms. The Kier molecular flexibility index (Phi) is 5.04. The monoisotopic (exact) mass is 385 g/mol. The largest absolute Gasteiger partial charge is 0.336 e. The Morgan fingerprint density at radius 3 is 2.50 bits per heavy atom. The summed E-state index contributed by atoms with van der Waals surface area (Å²) >= 11 is 0. The Morgan fingerprint density at radius 1 is 1.14 bits per heavy atom. The van der Waals surface area contributed by atoms with Crippen molar-refractivity contribution in [3.05, 3.63) is 53.9 Å². The number of hydrogen-bond acceptors (Lipinski definition) is 4. The SMILES string of the molecule is CCN1CCN(C(=O)c2cnn3c(C(F)F)cc(-c4ccccc4)nc23)CC1. The summed E-state index contributed by atoms with van der Waals surface area (Å²) in [5.41, 5.74) is 1.25. The number of carbonyl (C=O) groups is 1. The lowest BCUT2D eigenvalue weighted by atomic mass is 10.1. The molecule has 28 heavy (non-hydrogen) atoms. The van der Waals surface area contributed by atoms with Gasteiger partial charge in [-0.2, -0.15) is 5.10 Å². The van der Waals surface area contributed by atoms with E-state index in [0.29, 0.717) is 24.3 Å². The van der Waals surface area contributed by atoms with Gasteiger partial charge in [0.05, 0.1) is 11.9 Å². The molecule has 0 bridgehead atoms. The molecule has 0 N–H and O–H groups in total. The van der Waals surface area contributed by atoms with Crippen LogP contribution in [0.4, 0.5) is 8.78 Å². The first-order valence-electron chi connectivity index (χ1n) is 9.32. The smallest absolute Gasteiger partial charge is 0.280 e. The fraction of sp³-hybridized carbons (Fsp3) is 0.350. The van der Waals surface area contributed by atoms with Crippen LogP contribution in [-0.4, -0.2) is 63.0 Å². The highest BCUT2D eigenvalue weighted by Crippen LogP contribution is 2.27. The van der Waals surface area contributed by atoms with Crippen LogP contribution < -0.4 is 0 Å². The first-order chi connectivity index (χ1) is 13.6. The van der Waals surface area contributed by atoms with Gasteiger partial charge in [-0.15, -0.1) is 0 Å². The fourth-order valence-electron chi connectivity index (χ4n) is 3.49. The Hall–Kier alpha value is -2.87. The maximum atomic E-state index is 13.7. The average molecular weight is 385 g/mol. The van der Waals surface area contributed by atoms with E-state index >= 15 is 0 Å². The minimum Gasteiger partial charge on any atom is -0.336 e. The van der Waals surface area contributed by atoms with Crippen LogP contribution >= 0.6 is 0 Å². The number of likely N-dealkylation sites (N-methyl/N-ethyl adjacent to an activating group) is 1. The van der Waals surface area contributed by atoms with Crippen LogP contribution in [0.15, 0.2) is 42.6 Å². The predicted octanol–water partition coefficient (Wildman–Crippen LogP) is 3.11. The van der Waals surface area contributed by atoms with Crippen molar-refractivity contribution in [2.45, 2.75) is 13.3 Å². The highest BCUT2D eigenvalue weighted by molar-refractivity contribution is 6.00. The lowest BCUT2D eigenvalue weighted by Crippen LogP contribution is -2.48. The first kappa shape index (κ1) is 18.5. The average Bonchev–Trinajstić information content (AvgIpc) is 3.17. The van der Waals surface area contributed by atoms with E-state index in [1.165, 1.54) is 12.3 Å². The van der Waals surface area contributed by atoms with Gasteiger partial charge < -0.3 is 9.80 Å². The van der Waals surface area contributed by atoms with Crippen molar-refractivity contribution in [2.75, 3.05) is 32.7 Å². The molecule has 0 saturated carbocycles. The van der Waals surface area contributed by atoms with E-state index < -0.39 is 6.43 Å². The summed E-state index contributed by atoms with van der Waals surface area (Å²) < 4.78 is 28.4. The van der Waals surface area contributed by atoms with Crippen LogP contribution in [0.3, 0.4) is 0 Å². The van der Waals surface area contributed by atoms with Gasteiger partial charge >= 0.3 is 0 Å². The van der Waals surface area contributed by atoms with Gasteiger partial charge in [0.2, 0.25) is 0 Å². The van der Waals surface area contributed by atoms with Gasteiger partial charge in [-0.3, -0.25) is 4.79 Å². The van der Waals surface area contributed by atoms with Crippen molar-refractivity contribution in [1.29, 1.82) is 0 Å². The number of alkyl halides is 2. The molecule has 1 aliphatic rings. The standard InChI is InChI=1S/C20H21F2N5O/c1-2-25-8-10-26(11-9-25)20(28)15-13-23-27-17(18(21)22)12-16(24-19(15)27)14-6-4-3-5-7-14/h3-7,12-13,18H,2,8-11H2,1H3. The summed E-state index contributed by atoms with van der Waals surface area (Å²) in [6.07, 6.45) is -1.39. The van der Waals surface area contributed by atoms with E-state index in [1.54, 1.807) is 17.0 Å². The lowest BCUT2D eigenvalue weighted by molar-refractivity contribution is 0.0645. The van der Waals surface area contributed by atoms with Crippen molar-refractivity contribution in [2.24, 2.45) is 0 Å². The molecule has 1 aliphatic heterocycles. The molecule has 1 fully saturated rings. The van der Waals surface area contributed by atoms with Crippen LogP contribution in [-0.2, 0) is 0 Å². The number of amides is 1. The second-order valence-electron chi connectivity index (χ2n) is 6.75. The van der Waals surface area contributed by atoms with Gasteiger partial charge in [0.25, 0.3) is 12.3 Å². The van der Waals surface area contributed by atoms with Gasteiger partial charge in [-0.05, 0) is 12.6 Å². The summed E-state index contributed by atoms with van der Waals surface area (Å²) in [4.78, 5) is 21.5. The Morgan fingerprint density at radius 2 is 1.86 bits per heavy atom. The molecule has 146 valence electrons. The topological polar surface area (TPSA) is 53.7 Å². The molecule has 1 amide bonds. The van der Waals surface area contributed by atoms with Crippen molar-refractivity contribution < 1.29 is 13.6 Å². The van der Waals surface area contributed by atoms with E-state index in [4.69, 9.17) is 0 Å². The number of fused-ring (bicyclic) bond motifs is 1. The summed E-state index contributed by atoms with van der Waals surface area (Å²) in [6.45, 7) is 5.83. The number of hydrogen-bond donors (Lipinski definition) is 0. The first-order valence-corrected chi connectivity index (χ1v) is 9.32. The van der Waals surface area contributed by atoms with Crippen molar-refractivity contribution in [3.63, 3.8) is 0 Å². The van der Waals surface area contributed by atoms with Crippen LogP contribution in [0, 0.1) is 0 Å². The zero-order valence-corrected chi connectivity index (χ0v) is 15.6. The third kappa shape index (κ3) is 3.35. The second kappa shape index (κ2) is 7.63. The molecule has 2 aromatic heterocycles. The Labute approximate surface area is 161 Å². The zero-order valence-electron chi connectivity index (χ0n) is 15.6. The van der Waals surface area contributed by atoms with Crippen molar-refractivity contribution >= 4 is 11.6 Å². The molecular formula is C20H21F2N5O. The quantitative estimate of drug-likeness (QED) is 0.693. The maximum Gasteiger partial charge on any atom is 0.280 e. The van der Waals surface area contributed by atoms with E-state index in [2.05, 4.69) is 21.9 Å². The van der Waals surface area contributed by atoms with Crippen LogP contribution in [0.25, 0.3) is 16.9 Å². The molecule has 4 rings (SSSR count). The Bertz CT molecular complexity index is 981. The van der Waals surface area contributed by atoms with Crippen LogP contribution in [0.2, 0.25) is 0 Å². The van der Waals surface area contributed by atoms with E-state index in [1.807, 2.05) is 18.2 Å². The molecule has 6 nitrogen and oxygen atoms in total. The van der Waals surface area contributed by atoms with Crippen LogP contribution in [0.5, 0.6) is 0 Å². The van der Waals surface area contributed by atoms with E-state index in [-0.39, 0.29) is 22.8 Å². The number of benzene rings is 1. The van der Waals surface area contributed by atoms with Gasteiger partial charge in [0, 0.05) is 31.7 Å². The molecule has 0 unspecified atom stereocenters. The zero-order chi connectivity index (χ0) is 19.7. The molecule has 0 aliphatic carbocycles. The number of nitrogens with zero attached hydrogens (tertiary/aromatic N) is 5. The minimum atomic E-state index is -2.73. The third-order valence-electron chi connectivity index (χ3n) is 5.13. The highest BCUT2D eigenvalue weighted by atomic mass is 19.3. The highest BCUT2D eigenvalue weighted by Gasteiger charge is 2.26. The van der Waals surface area contributed by atoms with Gasteiger partial charge in [0.1, 0.15) is 11.3 Å². The summed E-state index contributed by atoms with van der Waals surface area (Å²) in [5, 5.41) is 4.04. The van der Waals surface area contributed by atoms with E-state index in [0.717, 1.165) is 24.1 Å². The van der Waals surface area contributed by atoms with Crippen LogP contribution in [0.1, 0.15) is 29.4 Å². The Balaban J connectivity index is 1.75. The second-order valence-corrected chi connectivity index (χ2v) is 6.75. The predicted molar refractivity (Wildman–Crippen MR) is 101 cm³/mol. The number of halogens is 2. The summed E-state index contributed by atoms with van der Waals surface area (Å²) in [5.74, 6) is -0.219.